The van der Waals surface area contributed by atoms with Crippen molar-refractivity contribution in [2.24, 2.45) is 5.92 Å². The van der Waals surface area contributed by atoms with Gasteiger partial charge >= 0.3 is 0 Å². The highest BCUT2D eigenvalue weighted by Gasteiger charge is 2.34. The number of benzene rings is 1. The molecule has 180 valence electrons. The van der Waals surface area contributed by atoms with Crippen LogP contribution in [-0.4, -0.2) is 19.0 Å². The number of unbranched alkanes of at least 4 members (excludes halogenated alkanes) is 6. The Balaban J connectivity index is 2.68. The van der Waals surface area contributed by atoms with Crippen molar-refractivity contribution in [3.8, 4) is 0 Å². The molecule has 6 heteroatoms. The number of rotatable bonds is 17. The fourth-order valence-electron chi connectivity index (χ4n) is 4.20. The number of hydrogen-bond donors (Lipinski definition) is 0. The first-order chi connectivity index (χ1) is 14.8. The van der Waals surface area contributed by atoms with Gasteiger partial charge in [0.1, 0.15) is 0 Å². The molecule has 1 aromatic rings. The van der Waals surface area contributed by atoms with E-state index < -0.39 is 29.1 Å². The van der Waals surface area contributed by atoms with Crippen LogP contribution in [0, 0.1) is 29.2 Å². The minimum atomic E-state index is -1.76. The molecule has 0 fully saturated rings. The number of halogens is 4. The fraction of sp³-hybridized carbons (Fsp3) is 0.760. The van der Waals surface area contributed by atoms with Crippen LogP contribution in [0.1, 0.15) is 97.5 Å². The van der Waals surface area contributed by atoms with Crippen LogP contribution in [-0.2, 0) is 15.9 Å². The molecule has 0 radical (unpaired) electrons. The van der Waals surface area contributed by atoms with E-state index in [2.05, 4.69) is 6.92 Å². The molecule has 0 N–H and O–H groups in total. The van der Waals surface area contributed by atoms with Gasteiger partial charge in [-0.25, -0.2) is 17.6 Å². The van der Waals surface area contributed by atoms with E-state index in [4.69, 9.17) is 9.47 Å². The Morgan fingerprint density at radius 1 is 0.742 bits per heavy atom. The van der Waals surface area contributed by atoms with Gasteiger partial charge in [-0.05, 0) is 58.1 Å². The summed E-state index contributed by atoms with van der Waals surface area (Å²) in [5.41, 5.74) is -0.124. The second-order valence-electron chi connectivity index (χ2n) is 8.34. The van der Waals surface area contributed by atoms with E-state index in [1.165, 1.54) is 32.1 Å². The lowest BCUT2D eigenvalue weighted by molar-refractivity contribution is -0.254. The summed E-state index contributed by atoms with van der Waals surface area (Å²) < 4.78 is 65.9. The predicted molar refractivity (Wildman–Crippen MR) is 117 cm³/mol. The first kappa shape index (κ1) is 27.9. The molecule has 31 heavy (non-hydrogen) atoms. The summed E-state index contributed by atoms with van der Waals surface area (Å²) in [7, 11) is 0. The maximum atomic E-state index is 13.9. The molecular weight excluding hydrogens is 408 g/mol. The van der Waals surface area contributed by atoms with Gasteiger partial charge in [0.15, 0.2) is 29.1 Å². The largest absolute Gasteiger partial charge is 0.350 e. The van der Waals surface area contributed by atoms with Crippen molar-refractivity contribution in [1.29, 1.82) is 0 Å². The summed E-state index contributed by atoms with van der Waals surface area (Å²) in [5.74, 6) is -6.66. The van der Waals surface area contributed by atoms with E-state index in [9.17, 15) is 17.6 Å². The highest BCUT2D eigenvalue weighted by Crippen LogP contribution is 2.33. The van der Waals surface area contributed by atoms with Gasteiger partial charge in [-0.2, -0.15) is 0 Å². The highest BCUT2D eigenvalue weighted by molar-refractivity contribution is 5.21. The molecule has 0 saturated carbocycles. The van der Waals surface area contributed by atoms with Crippen LogP contribution in [0.2, 0.25) is 0 Å². The number of hydrogen-bond acceptors (Lipinski definition) is 2. The van der Waals surface area contributed by atoms with E-state index in [-0.39, 0.29) is 17.9 Å². The molecule has 0 heterocycles. The zero-order valence-corrected chi connectivity index (χ0v) is 19.7. The first-order valence-electron chi connectivity index (χ1n) is 11.9. The van der Waals surface area contributed by atoms with Crippen LogP contribution >= 0.6 is 0 Å². The second kappa shape index (κ2) is 14.8. The van der Waals surface area contributed by atoms with E-state index in [0.29, 0.717) is 19.6 Å². The molecule has 2 nitrogen and oxygen atoms in total. The van der Waals surface area contributed by atoms with Crippen LogP contribution in [0.3, 0.4) is 0 Å². The Hall–Kier alpha value is -1.14. The lowest BCUT2D eigenvalue weighted by Gasteiger charge is -2.37. The summed E-state index contributed by atoms with van der Waals surface area (Å²) in [5, 5.41) is 0. The number of aryl methyl sites for hydroxylation is 1. The minimum Gasteiger partial charge on any atom is -0.350 e. The minimum absolute atomic E-state index is 0.124. The maximum Gasteiger partial charge on any atom is 0.197 e. The average molecular weight is 449 g/mol. The van der Waals surface area contributed by atoms with E-state index in [1.54, 1.807) is 0 Å². The topological polar surface area (TPSA) is 18.5 Å². The van der Waals surface area contributed by atoms with Crippen molar-refractivity contribution in [1.82, 2.24) is 0 Å². The molecule has 0 aliphatic rings. The predicted octanol–water partition coefficient (Wildman–Crippen LogP) is 8.11. The van der Waals surface area contributed by atoms with Gasteiger partial charge in [0.05, 0.1) is 0 Å². The summed E-state index contributed by atoms with van der Waals surface area (Å²) in [4.78, 5) is 0. The molecule has 1 aromatic carbocycles. The van der Waals surface area contributed by atoms with Gasteiger partial charge in [-0.3, -0.25) is 0 Å². The molecule has 1 atom stereocenters. The summed E-state index contributed by atoms with van der Waals surface area (Å²) in [6.45, 7) is 9.16. The summed E-state index contributed by atoms with van der Waals surface area (Å²) in [6, 6.07) is 0.756. The molecule has 1 unspecified atom stereocenters. The number of ether oxygens (including phenoxy) is 2. The summed E-state index contributed by atoms with van der Waals surface area (Å²) >= 11 is 0. The highest BCUT2D eigenvalue weighted by atomic mass is 19.2. The van der Waals surface area contributed by atoms with Gasteiger partial charge in [0.2, 0.25) is 0 Å². The van der Waals surface area contributed by atoms with Crippen molar-refractivity contribution in [2.75, 3.05) is 13.2 Å². The molecule has 0 bridgehead atoms. The molecule has 0 saturated heterocycles. The molecule has 0 spiro atoms. The zero-order chi connectivity index (χ0) is 23.3. The van der Waals surface area contributed by atoms with Crippen molar-refractivity contribution < 1.29 is 27.0 Å². The molecule has 0 aliphatic heterocycles. The maximum absolute atomic E-state index is 13.9. The normalized spacial score (nSPS) is 13.0. The molecule has 1 rings (SSSR count). The third-order valence-corrected chi connectivity index (χ3v) is 5.94. The lowest BCUT2D eigenvalue weighted by Crippen LogP contribution is -2.41. The summed E-state index contributed by atoms with van der Waals surface area (Å²) in [6.07, 6.45) is 10.4. The monoisotopic (exact) mass is 448 g/mol. The Labute approximate surface area is 185 Å². The van der Waals surface area contributed by atoms with Crippen molar-refractivity contribution in [2.45, 2.75) is 104 Å². The molecule has 0 aliphatic carbocycles. The Morgan fingerprint density at radius 2 is 1.29 bits per heavy atom. The van der Waals surface area contributed by atoms with E-state index in [1.807, 2.05) is 20.8 Å². The lowest BCUT2D eigenvalue weighted by atomic mass is 9.87. The molecular formula is C25H40F4O2. The quantitative estimate of drug-likeness (QED) is 0.0788. The van der Waals surface area contributed by atoms with Gasteiger partial charge in [-0.15, -0.1) is 0 Å². The van der Waals surface area contributed by atoms with Crippen LogP contribution < -0.4 is 0 Å². The Bertz CT molecular complexity index is 630. The van der Waals surface area contributed by atoms with Crippen LogP contribution in [0.4, 0.5) is 17.6 Å². The van der Waals surface area contributed by atoms with Crippen molar-refractivity contribution >= 4 is 0 Å². The van der Waals surface area contributed by atoms with Crippen molar-refractivity contribution in [3.05, 3.63) is 34.9 Å². The van der Waals surface area contributed by atoms with Gasteiger partial charge in [0.25, 0.3) is 0 Å². The van der Waals surface area contributed by atoms with E-state index >= 15 is 0 Å². The van der Waals surface area contributed by atoms with Crippen LogP contribution in [0.25, 0.3) is 0 Å². The third-order valence-electron chi connectivity index (χ3n) is 5.94. The third kappa shape index (κ3) is 9.09. The molecule has 0 aromatic heterocycles. The van der Waals surface area contributed by atoms with Crippen LogP contribution in [0.15, 0.2) is 6.07 Å². The Morgan fingerprint density at radius 3 is 1.87 bits per heavy atom. The van der Waals surface area contributed by atoms with E-state index in [0.717, 1.165) is 31.7 Å². The Kier molecular flexibility index (Phi) is 13.3. The average Bonchev–Trinajstić information content (AvgIpc) is 2.74. The SMILES string of the molecule is CCCCCCCCC(CCCCc1cc(F)c(F)c(F)c1F)C(C)(OCC)OCC. The standard InChI is InChI=1S/C25H40F4O2/c1-5-8-9-10-11-12-16-20(25(4,30-6-2)31-7-3)17-14-13-15-19-18-21(26)23(28)24(29)22(19)27/h18,20H,5-17H2,1-4H3. The zero-order valence-electron chi connectivity index (χ0n) is 19.7. The smallest absolute Gasteiger partial charge is 0.197 e. The van der Waals surface area contributed by atoms with Crippen LogP contribution in [0.5, 0.6) is 0 Å². The van der Waals surface area contributed by atoms with Gasteiger partial charge in [-0.1, -0.05) is 51.9 Å². The van der Waals surface area contributed by atoms with Gasteiger partial charge < -0.3 is 9.47 Å². The first-order valence-corrected chi connectivity index (χ1v) is 11.9. The fourth-order valence-corrected chi connectivity index (χ4v) is 4.20. The van der Waals surface area contributed by atoms with Gasteiger partial charge in [0, 0.05) is 19.1 Å². The molecule has 0 amide bonds. The second-order valence-corrected chi connectivity index (χ2v) is 8.34. The van der Waals surface area contributed by atoms with Crippen molar-refractivity contribution in [3.63, 3.8) is 0 Å².